The van der Waals surface area contributed by atoms with Crippen molar-refractivity contribution >= 4 is 6.09 Å². The zero-order chi connectivity index (χ0) is 9.11. The predicted octanol–water partition coefficient (Wildman–Crippen LogP) is 0.920. The van der Waals surface area contributed by atoms with Gasteiger partial charge in [-0.05, 0) is 6.92 Å². The Morgan fingerprint density at radius 3 is 2.36 bits per heavy atom. The van der Waals surface area contributed by atoms with Gasteiger partial charge in [-0.25, -0.2) is 4.79 Å². The third-order valence-corrected chi connectivity index (χ3v) is 0.532. The smallest absolute Gasteiger partial charge is 0.404 e. The summed E-state index contributed by atoms with van der Waals surface area (Å²) in [6.07, 6.45) is 0.988. The SMILES string of the molecule is C=CC.COCCOC(N)=O. The maximum Gasteiger partial charge on any atom is 0.404 e. The minimum absolute atomic E-state index is 0.228. The van der Waals surface area contributed by atoms with Gasteiger partial charge in [-0.15, -0.1) is 6.58 Å². The summed E-state index contributed by atoms with van der Waals surface area (Å²) in [4.78, 5) is 9.82. The Balaban J connectivity index is 0. The van der Waals surface area contributed by atoms with Gasteiger partial charge in [0.15, 0.2) is 0 Å². The first kappa shape index (κ1) is 12.6. The van der Waals surface area contributed by atoms with Gasteiger partial charge in [0, 0.05) is 7.11 Å². The number of nitrogens with two attached hydrogens (primary N) is 1. The van der Waals surface area contributed by atoms with Gasteiger partial charge in [0.2, 0.25) is 0 Å². The molecule has 0 saturated heterocycles. The minimum atomic E-state index is -0.762. The normalized spacial score (nSPS) is 7.45. The van der Waals surface area contributed by atoms with Gasteiger partial charge in [-0.3, -0.25) is 0 Å². The number of carbonyl (C=O) groups excluding carboxylic acids is 1. The minimum Gasteiger partial charge on any atom is -0.447 e. The topological polar surface area (TPSA) is 61.6 Å². The van der Waals surface area contributed by atoms with Crippen molar-refractivity contribution in [2.45, 2.75) is 6.92 Å². The fourth-order valence-corrected chi connectivity index (χ4v) is 0.226. The molecule has 0 aliphatic rings. The summed E-state index contributed by atoms with van der Waals surface area (Å²) in [5.74, 6) is 0. The van der Waals surface area contributed by atoms with Crippen LogP contribution in [0.15, 0.2) is 12.7 Å². The molecular formula is C7H15NO3. The molecule has 2 N–H and O–H groups in total. The molecule has 0 rings (SSSR count). The van der Waals surface area contributed by atoms with Crippen LogP contribution < -0.4 is 5.73 Å². The highest BCUT2D eigenvalue weighted by Gasteiger charge is 1.88. The van der Waals surface area contributed by atoms with Crippen LogP contribution in [0.3, 0.4) is 0 Å². The van der Waals surface area contributed by atoms with E-state index in [4.69, 9.17) is 0 Å². The molecule has 0 bridgehead atoms. The Hall–Kier alpha value is -1.03. The van der Waals surface area contributed by atoms with Gasteiger partial charge in [0.25, 0.3) is 0 Å². The Morgan fingerprint density at radius 2 is 2.09 bits per heavy atom. The van der Waals surface area contributed by atoms with E-state index in [9.17, 15) is 4.79 Å². The van der Waals surface area contributed by atoms with Crippen LogP contribution in [0.4, 0.5) is 4.79 Å². The molecule has 0 aliphatic carbocycles. The van der Waals surface area contributed by atoms with Crippen LogP contribution in [0, 0.1) is 0 Å². The molecular weight excluding hydrogens is 146 g/mol. The molecule has 4 nitrogen and oxygen atoms in total. The Morgan fingerprint density at radius 1 is 1.64 bits per heavy atom. The number of carbonyl (C=O) groups is 1. The molecule has 0 heterocycles. The fourth-order valence-electron chi connectivity index (χ4n) is 0.226. The number of methoxy groups -OCH3 is 1. The van der Waals surface area contributed by atoms with Crippen LogP contribution in [-0.4, -0.2) is 26.4 Å². The second kappa shape index (κ2) is 11.7. The Labute approximate surface area is 67.0 Å². The number of primary amides is 1. The van der Waals surface area contributed by atoms with Gasteiger partial charge in [0.1, 0.15) is 6.61 Å². The van der Waals surface area contributed by atoms with Crippen molar-refractivity contribution in [3.05, 3.63) is 12.7 Å². The van der Waals surface area contributed by atoms with E-state index in [-0.39, 0.29) is 6.61 Å². The van der Waals surface area contributed by atoms with E-state index in [0.717, 1.165) is 0 Å². The van der Waals surface area contributed by atoms with Crippen molar-refractivity contribution in [2.24, 2.45) is 5.73 Å². The average molecular weight is 161 g/mol. The summed E-state index contributed by atoms with van der Waals surface area (Å²) < 4.78 is 8.86. The van der Waals surface area contributed by atoms with Crippen LogP contribution in [0.1, 0.15) is 6.92 Å². The number of amides is 1. The lowest BCUT2D eigenvalue weighted by Crippen LogP contribution is -2.15. The number of hydrogen-bond donors (Lipinski definition) is 1. The molecule has 0 saturated carbocycles. The fraction of sp³-hybridized carbons (Fsp3) is 0.571. The quantitative estimate of drug-likeness (QED) is 0.494. The molecule has 0 spiro atoms. The van der Waals surface area contributed by atoms with Gasteiger partial charge < -0.3 is 15.2 Å². The average Bonchev–Trinajstić information content (AvgIpc) is 1.89. The van der Waals surface area contributed by atoms with Crippen LogP contribution in [0.25, 0.3) is 0 Å². The molecule has 0 radical (unpaired) electrons. The van der Waals surface area contributed by atoms with Crippen LogP contribution in [-0.2, 0) is 9.47 Å². The molecule has 0 aliphatic heterocycles. The van der Waals surface area contributed by atoms with Gasteiger partial charge in [-0.2, -0.15) is 0 Å². The molecule has 0 aromatic heterocycles. The maximum atomic E-state index is 9.82. The lowest BCUT2D eigenvalue weighted by Gasteiger charge is -1.96. The van der Waals surface area contributed by atoms with Crippen LogP contribution in [0.5, 0.6) is 0 Å². The second-order valence-electron chi connectivity index (χ2n) is 1.57. The van der Waals surface area contributed by atoms with Gasteiger partial charge >= 0.3 is 6.09 Å². The van der Waals surface area contributed by atoms with E-state index < -0.39 is 6.09 Å². The summed E-state index contributed by atoms with van der Waals surface area (Å²) in [7, 11) is 1.52. The van der Waals surface area contributed by atoms with E-state index in [1.165, 1.54) is 7.11 Å². The third-order valence-electron chi connectivity index (χ3n) is 0.532. The maximum absolute atomic E-state index is 9.82. The number of hydrogen-bond acceptors (Lipinski definition) is 3. The molecule has 0 atom stereocenters. The number of allylic oxidation sites excluding steroid dienone is 1. The van der Waals surface area contributed by atoms with Gasteiger partial charge in [0.05, 0.1) is 6.61 Å². The molecule has 0 aromatic carbocycles. The van der Waals surface area contributed by atoms with Crippen molar-refractivity contribution in [1.82, 2.24) is 0 Å². The highest BCUT2D eigenvalue weighted by Crippen LogP contribution is 1.72. The van der Waals surface area contributed by atoms with E-state index in [2.05, 4.69) is 21.8 Å². The third kappa shape index (κ3) is 27.6. The molecule has 0 aromatic rings. The summed E-state index contributed by atoms with van der Waals surface area (Å²) in [5, 5.41) is 0. The second-order valence-corrected chi connectivity index (χ2v) is 1.57. The lowest BCUT2D eigenvalue weighted by molar-refractivity contribution is 0.105. The largest absolute Gasteiger partial charge is 0.447 e. The zero-order valence-corrected chi connectivity index (χ0v) is 7.00. The van der Waals surface area contributed by atoms with E-state index in [1.54, 1.807) is 6.08 Å². The zero-order valence-electron chi connectivity index (χ0n) is 7.00. The Bertz CT molecular complexity index is 104. The van der Waals surface area contributed by atoms with Crippen LogP contribution in [0.2, 0.25) is 0 Å². The standard InChI is InChI=1S/C4H9NO3.C3H6/c1-7-2-3-8-4(5)6;1-3-2/h2-3H2,1H3,(H2,5,6);3H,1H2,2H3. The first-order valence-electron chi connectivity index (χ1n) is 3.17. The monoisotopic (exact) mass is 161 g/mol. The highest BCUT2D eigenvalue weighted by molar-refractivity contribution is 5.64. The first-order chi connectivity index (χ1) is 5.18. The first-order valence-corrected chi connectivity index (χ1v) is 3.17. The molecule has 0 unspecified atom stereocenters. The van der Waals surface area contributed by atoms with E-state index in [1.807, 2.05) is 6.92 Å². The van der Waals surface area contributed by atoms with E-state index in [0.29, 0.717) is 6.61 Å². The van der Waals surface area contributed by atoms with Crippen LogP contribution >= 0.6 is 0 Å². The molecule has 66 valence electrons. The predicted molar refractivity (Wildman–Crippen MR) is 43.3 cm³/mol. The molecule has 1 amide bonds. The summed E-state index contributed by atoms with van der Waals surface area (Å²) in [6, 6.07) is 0. The lowest BCUT2D eigenvalue weighted by atomic mass is 10.8. The van der Waals surface area contributed by atoms with Crippen molar-refractivity contribution in [3.63, 3.8) is 0 Å². The summed E-state index contributed by atoms with van der Waals surface area (Å²) in [6.45, 7) is 5.87. The Kier molecular flexibility index (Phi) is 13.5. The molecule has 0 fully saturated rings. The van der Waals surface area contributed by atoms with Crippen molar-refractivity contribution in [1.29, 1.82) is 0 Å². The molecule has 4 heteroatoms. The highest BCUT2D eigenvalue weighted by atomic mass is 16.6. The van der Waals surface area contributed by atoms with Crippen molar-refractivity contribution in [3.8, 4) is 0 Å². The van der Waals surface area contributed by atoms with E-state index >= 15 is 0 Å². The van der Waals surface area contributed by atoms with Gasteiger partial charge in [-0.1, -0.05) is 6.08 Å². The summed E-state index contributed by atoms with van der Waals surface area (Å²) >= 11 is 0. The van der Waals surface area contributed by atoms with Crippen molar-refractivity contribution in [2.75, 3.05) is 20.3 Å². The number of ether oxygens (including phenoxy) is 2. The van der Waals surface area contributed by atoms with Crippen molar-refractivity contribution < 1.29 is 14.3 Å². The number of rotatable bonds is 3. The summed E-state index contributed by atoms with van der Waals surface area (Å²) in [5.41, 5.74) is 4.62. The molecule has 11 heavy (non-hydrogen) atoms.